The number of carbonyl (C=O) groups is 1. The predicted octanol–water partition coefficient (Wildman–Crippen LogP) is 3.94. The molecule has 3 aromatic rings. The van der Waals surface area contributed by atoms with Gasteiger partial charge >= 0.3 is 0 Å². The summed E-state index contributed by atoms with van der Waals surface area (Å²) >= 11 is 4.44. The lowest BCUT2D eigenvalue weighted by Crippen LogP contribution is -2.07. The predicted molar refractivity (Wildman–Crippen MR) is 95.7 cm³/mol. The van der Waals surface area contributed by atoms with Crippen molar-refractivity contribution in [2.24, 2.45) is 0 Å². The first kappa shape index (κ1) is 15.9. The molecule has 116 valence electrons. The Labute approximate surface area is 145 Å². The van der Waals surface area contributed by atoms with Crippen molar-refractivity contribution in [3.8, 4) is 0 Å². The van der Waals surface area contributed by atoms with Gasteiger partial charge in [-0.25, -0.2) is 4.98 Å². The third kappa shape index (κ3) is 4.98. The molecule has 2 aromatic heterocycles. The topological polar surface area (TPSA) is 67.8 Å². The number of anilines is 1. The Hall–Kier alpha value is -2.03. The maximum absolute atomic E-state index is 11.8. The molecule has 1 amide bonds. The van der Waals surface area contributed by atoms with Crippen molar-refractivity contribution in [2.45, 2.75) is 10.1 Å². The molecule has 0 spiro atoms. The van der Waals surface area contributed by atoms with Crippen molar-refractivity contribution >= 4 is 51.6 Å². The third-order valence-electron chi connectivity index (χ3n) is 2.67. The maximum atomic E-state index is 11.8. The van der Waals surface area contributed by atoms with E-state index >= 15 is 0 Å². The van der Waals surface area contributed by atoms with Crippen molar-refractivity contribution in [1.29, 1.82) is 0 Å². The van der Waals surface area contributed by atoms with Gasteiger partial charge in [-0.15, -0.1) is 21.5 Å². The second-order valence-corrected chi connectivity index (χ2v) is 7.47. The Kier molecular flexibility index (Phi) is 5.51. The minimum atomic E-state index is -0.240. The summed E-state index contributed by atoms with van der Waals surface area (Å²) < 4.78 is 0.827. The smallest absolute Gasteiger partial charge is 0.250 e. The quantitative estimate of drug-likeness (QED) is 0.410. The average Bonchev–Trinajstić information content (AvgIpc) is 3.24. The Morgan fingerprint density at radius 2 is 2.13 bits per heavy atom. The fraction of sp³-hybridized carbons (Fsp3) is 0.0667. The number of benzene rings is 1. The molecule has 0 atom stereocenters. The summed E-state index contributed by atoms with van der Waals surface area (Å²) in [7, 11) is 0. The van der Waals surface area contributed by atoms with Crippen LogP contribution in [-0.4, -0.2) is 21.1 Å². The molecule has 0 saturated carbocycles. The number of amides is 1. The van der Waals surface area contributed by atoms with E-state index in [0.717, 1.165) is 15.1 Å². The number of aromatic nitrogens is 3. The van der Waals surface area contributed by atoms with E-state index in [0.29, 0.717) is 5.13 Å². The summed E-state index contributed by atoms with van der Waals surface area (Å²) in [6, 6.07) is 10.2. The standard InChI is InChI=1S/C15H12N4OS3/c20-12(6-7-13-16-8-9-21-13)17-14-18-19-15(23-14)22-10-11-4-2-1-3-5-11/h1-9H,10H2,(H,17,18,20)/b7-6+. The fourth-order valence-electron chi connectivity index (χ4n) is 1.65. The molecule has 0 saturated heterocycles. The molecule has 1 aromatic carbocycles. The number of hydrogen-bond acceptors (Lipinski definition) is 7. The molecule has 0 radical (unpaired) electrons. The van der Waals surface area contributed by atoms with Gasteiger partial charge in [0.25, 0.3) is 0 Å². The van der Waals surface area contributed by atoms with Crippen LogP contribution in [0.2, 0.25) is 0 Å². The van der Waals surface area contributed by atoms with Crippen LogP contribution >= 0.6 is 34.4 Å². The van der Waals surface area contributed by atoms with Crippen molar-refractivity contribution in [3.05, 3.63) is 58.6 Å². The monoisotopic (exact) mass is 360 g/mol. The van der Waals surface area contributed by atoms with E-state index in [1.54, 1.807) is 24.0 Å². The van der Waals surface area contributed by atoms with E-state index < -0.39 is 0 Å². The number of thiazole rings is 1. The number of rotatable bonds is 6. The van der Waals surface area contributed by atoms with Crippen LogP contribution in [0.4, 0.5) is 5.13 Å². The summed E-state index contributed by atoms with van der Waals surface area (Å²) in [5.74, 6) is 0.587. The zero-order valence-electron chi connectivity index (χ0n) is 11.9. The molecule has 0 aliphatic heterocycles. The largest absolute Gasteiger partial charge is 0.297 e. The van der Waals surface area contributed by atoms with Crippen LogP contribution in [0, 0.1) is 0 Å². The van der Waals surface area contributed by atoms with E-state index in [1.165, 1.54) is 34.3 Å². The van der Waals surface area contributed by atoms with Crippen LogP contribution in [0.15, 0.2) is 52.3 Å². The van der Waals surface area contributed by atoms with Crippen molar-refractivity contribution in [1.82, 2.24) is 15.2 Å². The first-order valence-corrected chi connectivity index (χ1v) is 9.36. The number of hydrogen-bond donors (Lipinski definition) is 1. The van der Waals surface area contributed by atoms with Crippen molar-refractivity contribution in [3.63, 3.8) is 0 Å². The Morgan fingerprint density at radius 3 is 2.91 bits per heavy atom. The minimum Gasteiger partial charge on any atom is -0.297 e. The lowest BCUT2D eigenvalue weighted by Gasteiger charge is -1.96. The summed E-state index contributed by atoms with van der Waals surface area (Å²) in [6.07, 6.45) is 4.81. The van der Waals surface area contributed by atoms with Crippen molar-refractivity contribution in [2.75, 3.05) is 5.32 Å². The van der Waals surface area contributed by atoms with Gasteiger partial charge in [-0.2, -0.15) is 0 Å². The average molecular weight is 360 g/mol. The van der Waals surface area contributed by atoms with Gasteiger partial charge in [0.2, 0.25) is 11.0 Å². The van der Waals surface area contributed by atoms with Gasteiger partial charge < -0.3 is 0 Å². The number of nitrogens with zero attached hydrogens (tertiary/aromatic N) is 3. The van der Waals surface area contributed by atoms with Gasteiger partial charge in [0.1, 0.15) is 5.01 Å². The lowest BCUT2D eigenvalue weighted by atomic mass is 10.2. The van der Waals surface area contributed by atoms with Crippen LogP contribution < -0.4 is 5.32 Å². The highest BCUT2D eigenvalue weighted by molar-refractivity contribution is 8.00. The summed E-state index contributed by atoms with van der Waals surface area (Å²) in [6.45, 7) is 0. The first-order chi connectivity index (χ1) is 11.3. The molecule has 0 unspecified atom stereocenters. The van der Waals surface area contributed by atoms with Crippen LogP contribution in [0.3, 0.4) is 0 Å². The van der Waals surface area contributed by atoms with Gasteiger partial charge in [0.15, 0.2) is 4.34 Å². The minimum absolute atomic E-state index is 0.240. The van der Waals surface area contributed by atoms with E-state index in [-0.39, 0.29) is 5.91 Å². The second kappa shape index (κ2) is 8.00. The second-order valence-electron chi connectivity index (χ2n) is 4.34. The van der Waals surface area contributed by atoms with E-state index in [2.05, 4.69) is 32.6 Å². The van der Waals surface area contributed by atoms with E-state index in [4.69, 9.17) is 0 Å². The number of carbonyl (C=O) groups excluding carboxylic acids is 1. The molecule has 2 heterocycles. The van der Waals surface area contributed by atoms with Gasteiger partial charge in [0.05, 0.1) is 0 Å². The summed E-state index contributed by atoms with van der Waals surface area (Å²) in [5.41, 5.74) is 1.23. The van der Waals surface area contributed by atoms with Gasteiger partial charge in [-0.3, -0.25) is 10.1 Å². The molecule has 8 heteroatoms. The molecule has 23 heavy (non-hydrogen) atoms. The Balaban J connectivity index is 1.51. The zero-order valence-corrected chi connectivity index (χ0v) is 14.3. The molecule has 0 aliphatic carbocycles. The normalized spacial score (nSPS) is 11.0. The van der Waals surface area contributed by atoms with Gasteiger partial charge in [-0.05, 0) is 11.6 Å². The summed E-state index contributed by atoms with van der Waals surface area (Å²) in [4.78, 5) is 15.9. The number of nitrogens with one attached hydrogen (secondary N) is 1. The molecule has 0 aliphatic rings. The molecule has 0 fully saturated rings. The van der Waals surface area contributed by atoms with Crippen LogP contribution in [0.25, 0.3) is 6.08 Å². The highest BCUT2D eigenvalue weighted by atomic mass is 32.2. The number of thioether (sulfide) groups is 1. The Bertz CT molecular complexity index is 784. The SMILES string of the molecule is O=C(/C=C/c1nccs1)Nc1nnc(SCc2ccccc2)s1. The highest BCUT2D eigenvalue weighted by Gasteiger charge is 2.07. The molecule has 1 N–H and O–H groups in total. The van der Waals surface area contributed by atoms with E-state index in [9.17, 15) is 4.79 Å². The van der Waals surface area contributed by atoms with Gasteiger partial charge in [-0.1, -0.05) is 53.4 Å². The van der Waals surface area contributed by atoms with Crippen LogP contribution in [0.1, 0.15) is 10.6 Å². The van der Waals surface area contributed by atoms with Crippen LogP contribution in [0.5, 0.6) is 0 Å². The molecular weight excluding hydrogens is 348 g/mol. The maximum Gasteiger partial charge on any atom is 0.250 e. The molecule has 0 bridgehead atoms. The zero-order chi connectivity index (χ0) is 15.9. The first-order valence-electron chi connectivity index (χ1n) is 6.68. The van der Waals surface area contributed by atoms with Crippen LogP contribution in [-0.2, 0) is 10.5 Å². The molecule has 5 nitrogen and oxygen atoms in total. The van der Waals surface area contributed by atoms with Crippen molar-refractivity contribution < 1.29 is 4.79 Å². The van der Waals surface area contributed by atoms with E-state index in [1.807, 2.05) is 23.6 Å². The Morgan fingerprint density at radius 1 is 1.26 bits per heavy atom. The highest BCUT2D eigenvalue weighted by Crippen LogP contribution is 2.28. The molecular formula is C15H12N4OS3. The lowest BCUT2D eigenvalue weighted by molar-refractivity contribution is -0.111. The third-order valence-corrected chi connectivity index (χ3v) is 5.45. The fourth-order valence-corrected chi connectivity index (χ4v) is 3.89. The van der Waals surface area contributed by atoms with Gasteiger partial charge in [0, 0.05) is 23.4 Å². The molecule has 3 rings (SSSR count). The summed E-state index contributed by atoms with van der Waals surface area (Å²) in [5, 5.41) is 13.9.